The van der Waals surface area contributed by atoms with E-state index in [1.807, 2.05) is 54.6 Å². The van der Waals surface area contributed by atoms with Crippen LogP contribution in [0, 0.1) is 0 Å². The van der Waals surface area contributed by atoms with Gasteiger partial charge >= 0.3 is 119 Å². The number of carbonyl (C=O) groups is 1. The summed E-state index contributed by atoms with van der Waals surface area (Å²) in [5, 5.41) is 12.6. The number of carbonyl (C=O) groups excluding carboxylic acids is 1. The van der Waals surface area contributed by atoms with E-state index in [1.165, 1.54) is 0 Å². The number of anilines is 1. The first-order valence-corrected chi connectivity index (χ1v) is 8.27. The summed E-state index contributed by atoms with van der Waals surface area (Å²) in [6, 6.07) is 17.2. The molecule has 97 valence electrons. The minimum absolute atomic E-state index is 0.0268. The molecule has 3 nitrogen and oxygen atoms in total. The molecule has 0 aliphatic carbocycles. The molecule has 0 fully saturated rings. The fourth-order valence-corrected chi connectivity index (χ4v) is 3.63. The van der Waals surface area contributed by atoms with Crippen molar-refractivity contribution in [3.63, 3.8) is 0 Å². The van der Waals surface area contributed by atoms with Crippen LogP contribution in [0.3, 0.4) is 0 Å². The number of rotatable bonds is 5. The Hall–Kier alpha value is -1.57. The van der Waals surface area contributed by atoms with Crippen molar-refractivity contribution < 1.29 is 9.90 Å². The van der Waals surface area contributed by atoms with Crippen molar-refractivity contribution in [3.05, 3.63) is 60.2 Å². The van der Waals surface area contributed by atoms with Crippen LogP contribution in [0.4, 0.5) is 5.69 Å². The van der Waals surface area contributed by atoms with Crippen LogP contribution in [-0.4, -0.2) is 26.8 Å². The second kappa shape index (κ2) is 7.12. The molecule has 2 aromatic carbocycles. The zero-order valence-corrected chi connectivity index (χ0v) is 12.3. The van der Waals surface area contributed by atoms with Crippen LogP contribution in [0.1, 0.15) is 5.56 Å². The summed E-state index contributed by atoms with van der Waals surface area (Å²) in [5.41, 5.74) is 1.75. The number of nitrogens with one attached hydrogen (secondary N) is 1. The SMILES string of the molecule is O=C(C[As]c1ccccc1CO)Nc1ccccc1. The Morgan fingerprint density at radius 3 is 2.47 bits per heavy atom. The second-order valence-electron chi connectivity index (χ2n) is 4.02. The van der Waals surface area contributed by atoms with Crippen LogP contribution >= 0.6 is 0 Å². The molecular formula is C15H15AsNO2. The Morgan fingerprint density at radius 2 is 1.74 bits per heavy atom. The van der Waals surface area contributed by atoms with Gasteiger partial charge < -0.3 is 0 Å². The maximum atomic E-state index is 11.8. The van der Waals surface area contributed by atoms with E-state index in [4.69, 9.17) is 0 Å². The Morgan fingerprint density at radius 1 is 1.05 bits per heavy atom. The quantitative estimate of drug-likeness (QED) is 0.823. The monoisotopic (exact) mass is 316 g/mol. The topological polar surface area (TPSA) is 49.3 Å². The van der Waals surface area contributed by atoms with Crippen LogP contribution in [0.2, 0.25) is 5.21 Å². The standard InChI is InChI=1S/C15H15AsNO2/c18-11-12-6-4-5-9-14(12)16-10-15(19)17-13-7-2-1-3-8-13/h1-9,18H,10-11H2,(H,17,19). The van der Waals surface area contributed by atoms with E-state index in [1.54, 1.807) is 0 Å². The molecule has 0 aromatic heterocycles. The molecule has 2 aromatic rings. The van der Waals surface area contributed by atoms with Crippen molar-refractivity contribution in [2.75, 3.05) is 5.32 Å². The predicted molar refractivity (Wildman–Crippen MR) is 77.6 cm³/mol. The van der Waals surface area contributed by atoms with Crippen LogP contribution in [0.15, 0.2) is 54.6 Å². The van der Waals surface area contributed by atoms with Gasteiger partial charge in [0.2, 0.25) is 0 Å². The number of aliphatic hydroxyl groups is 1. The van der Waals surface area contributed by atoms with Crippen molar-refractivity contribution in [2.45, 2.75) is 11.8 Å². The molecule has 2 rings (SSSR count). The van der Waals surface area contributed by atoms with Crippen molar-refractivity contribution in [2.24, 2.45) is 0 Å². The Balaban J connectivity index is 1.90. The van der Waals surface area contributed by atoms with Crippen LogP contribution in [0.25, 0.3) is 0 Å². The van der Waals surface area contributed by atoms with Gasteiger partial charge in [0, 0.05) is 0 Å². The van der Waals surface area contributed by atoms with Gasteiger partial charge in [0.15, 0.2) is 0 Å². The molecule has 0 spiro atoms. The number of benzene rings is 2. The van der Waals surface area contributed by atoms with Crippen molar-refractivity contribution in [1.82, 2.24) is 0 Å². The molecule has 0 bridgehead atoms. The molecule has 0 atom stereocenters. The number of hydrogen-bond donors (Lipinski definition) is 2. The average molecular weight is 316 g/mol. The van der Waals surface area contributed by atoms with Gasteiger partial charge in [0.1, 0.15) is 0 Å². The Bertz CT molecular complexity index is 543. The summed E-state index contributed by atoms with van der Waals surface area (Å²) < 4.78 is 1.12. The summed E-state index contributed by atoms with van der Waals surface area (Å²) in [5.74, 6) is 0.0268. The third-order valence-electron chi connectivity index (χ3n) is 2.61. The molecule has 1 amide bonds. The fraction of sp³-hybridized carbons (Fsp3) is 0.133. The van der Waals surface area contributed by atoms with Crippen LogP contribution in [0.5, 0.6) is 0 Å². The third-order valence-corrected chi connectivity index (χ3v) is 5.18. The Kier molecular flexibility index (Phi) is 5.19. The molecular weight excluding hydrogens is 301 g/mol. The van der Waals surface area contributed by atoms with Gasteiger partial charge in [-0.05, 0) is 0 Å². The molecule has 1 radical (unpaired) electrons. The fourth-order valence-electron chi connectivity index (χ4n) is 1.68. The van der Waals surface area contributed by atoms with Crippen molar-refractivity contribution in [3.8, 4) is 0 Å². The van der Waals surface area contributed by atoms with Crippen molar-refractivity contribution >= 4 is 31.7 Å². The summed E-state index contributed by atoms with van der Waals surface area (Å²) in [7, 11) is 0. The molecule has 0 aliphatic heterocycles. The van der Waals surface area contributed by atoms with Gasteiger partial charge in [-0.1, -0.05) is 0 Å². The number of aliphatic hydroxyl groups excluding tert-OH is 1. The molecule has 0 saturated carbocycles. The van der Waals surface area contributed by atoms with E-state index in [2.05, 4.69) is 5.32 Å². The third kappa shape index (κ3) is 4.23. The number of hydrogen-bond acceptors (Lipinski definition) is 2. The summed E-state index contributed by atoms with van der Waals surface area (Å²) in [6.07, 6.45) is 0. The summed E-state index contributed by atoms with van der Waals surface area (Å²) in [4.78, 5) is 11.8. The van der Waals surface area contributed by atoms with E-state index < -0.39 is 0 Å². The number of para-hydroxylation sites is 1. The van der Waals surface area contributed by atoms with E-state index in [0.717, 1.165) is 15.6 Å². The minimum atomic E-state index is -0.257. The van der Waals surface area contributed by atoms with Crippen LogP contribution in [-0.2, 0) is 11.4 Å². The Labute approximate surface area is 119 Å². The number of amides is 1. The van der Waals surface area contributed by atoms with Gasteiger partial charge in [-0.3, -0.25) is 0 Å². The molecule has 0 unspecified atom stereocenters. The first kappa shape index (κ1) is 13.9. The zero-order valence-electron chi connectivity index (χ0n) is 10.4. The van der Waals surface area contributed by atoms with Crippen LogP contribution < -0.4 is 9.67 Å². The first-order valence-electron chi connectivity index (χ1n) is 6.01. The van der Waals surface area contributed by atoms with E-state index >= 15 is 0 Å². The van der Waals surface area contributed by atoms with E-state index in [0.29, 0.717) is 5.21 Å². The van der Waals surface area contributed by atoms with Crippen molar-refractivity contribution in [1.29, 1.82) is 0 Å². The van der Waals surface area contributed by atoms with E-state index in [9.17, 15) is 9.90 Å². The normalized spacial score (nSPS) is 10.8. The maximum absolute atomic E-state index is 11.8. The van der Waals surface area contributed by atoms with E-state index in [-0.39, 0.29) is 28.3 Å². The zero-order chi connectivity index (χ0) is 13.5. The van der Waals surface area contributed by atoms with Gasteiger partial charge in [-0.2, -0.15) is 0 Å². The summed E-state index contributed by atoms with van der Waals surface area (Å²) in [6.45, 7) is 0.0338. The first-order chi connectivity index (χ1) is 9.29. The molecule has 0 heterocycles. The van der Waals surface area contributed by atoms with Gasteiger partial charge in [0.25, 0.3) is 0 Å². The molecule has 0 aliphatic rings. The van der Waals surface area contributed by atoms with Gasteiger partial charge in [-0.25, -0.2) is 0 Å². The predicted octanol–water partition coefficient (Wildman–Crippen LogP) is 1.57. The summed E-state index contributed by atoms with van der Waals surface area (Å²) >= 11 is -0.257. The molecule has 4 heteroatoms. The average Bonchev–Trinajstić information content (AvgIpc) is 2.46. The molecule has 19 heavy (non-hydrogen) atoms. The van der Waals surface area contributed by atoms with Gasteiger partial charge in [0.05, 0.1) is 0 Å². The molecule has 2 N–H and O–H groups in total. The second-order valence-corrected chi connectivity index (χ2v) is 6.36. The van der Waals surface area contributed by atoms with Gasteiger partial charge in [-0.15, -0.1) is 0 Å². The molecule has 0 saturated heterocycles.